The van der Waals surface area contributed by atoms with E-state index in [0.717, 1.165) is 51.4 Å². The Labute approximate surface area is 131 Å². The highest BCUT2D eigenvalue weighted by atomic mass is 35.5. The molecule has 2 rings (SSSR count). The van der Waals surface area contributed by atoms with E-state index in [-0.39, 0.29) is 6.04 Å². The topological polar surface area (TPSA) is 24.5 Å². The fourth-order valence-corrected chi connectivity index (χ4v) is 2.88. The molecule has 112 valence electrons. The molecule has 0 aromatic heterocycles. The molecule has 1 fully saturated rings. The zero-order valence-electron chi connectivity index (χ0n) is 11.9. The number of rotatable bonds is 6. The maximum absolute atomic E-state index is 6.23. The van der Waals surface area contributed by atoms with Crippen LogP contribution in [0.25, 0.3) is 0 Å². The molecule has 5 heteroatoms. The Kier molecular flexibility index (Phi) is 6.59. The lowest BCUT2D eigenvalue weighted by molar-refractivity contribution is 0.0374. The van der Waals surface area contributed by atoms with Crippen molar-refractivity contribution in [3.05, 3.63) is 33.8 Å². The van der Waals surface area contributed by atoms with Crippen LogP contribution in [-0.2, 0) is 4.74 Å². The lowest BCUT2D eigenvalue weighted by atomic mass is 10.1. The van der Waals surface area contributed by atoms with Gasteiger partial charge in [0.15, 0.2) is 0 Å². The molecular weight excluding hydrogens is 295 g/mol. The summed E-state index contributed by atoms with van der Waals surface area (Å²) >= 11 is 12.3. The van der Waals surface area contributed by atoms with Crippen LogP contribution in [0.4, 0.5) is 0 Å². The number of nitrogens with zero attached hydrogens (tertiary/aromatic N) is 1. The lowest BCUT2D eigenvalue weighted by Crippen LogP contribution is -2.37. The van der Waals surface area contributed by atoms with Crippen LogP contribution >= 0.6 is 23.2 Å². The molecule has 1 aliphatic heterocycles. The average molecular weight is 317 g/mol. The highest BCUT2D eigenvalue weighted by Crippen LogP contribution is 2.29. The van der Waals surface area contributed by atoms with Crippen LogP contribution in [0.1, 0.15) is 24.9 Å². The highest BCUT2D eigenvalue weighted by molar-refractivity contribution is 6.42. The zero-order valence-corrected chi connectivity index (χ0v) is 13.4. The number of morpholine rings is 1. The number of benzene rings is 1. The smallest absolute Gasteiger partial charge is 0.0639 e. The van der Waals surface area contributed by atoms with Crippen LogP contribution in [0.2, 0.25) is 10.0 Å². The average Bonchev–Trinajstić information content (AvgIpc) is 2.47. The molecule has 1 atom stereocenters. The third-order valence-corrected chi connectivity index (χ3v) is 4.49. The first-order valence-corrected chi connectivity index (χ1v) is 7.91. The Hall–Kier alpha value is -0.320. The van der Waals surface area contributed by atoms with Crippen LogP contribution in [0.3, 0.4) is 0 Å². The van der Waals surface area contributed by atoms with Gasteiger partial charge in [0.1, 0.15) is 0 Å². The normalized spacial score (nSPS) is 18.1. The summed E-state index contributed by atoms with van der Waals surface area (Å²) in [7, 11) is 0. The Balaban J connectivity index is 1.72. The molecule has 1 saturated heterocycles. The van der Waals surface area contributed by atoms with E-state index in [1.165, 1.54) is 0 Å². The Morgan fingerprint density at radius 2 is 2.05 bits per heavy atom. The summed E-state index contributed by atoms with van der Waals surface area (Å²) in [5.74, 6) is 0. The van der Waals surface area contributed by atoms with E-state index < -0.39 is 0 Å². The first-order valence-electron chi connectivity index (χ1n) is 7.16. The Morgan fingerprint density at radius 1 is 1.30 bits per heavy atom. The molecule has 1 aliphatic rings. The quantitative estimate of drug-likeness (QED) is 0.814. The highest BCUT2D eigenvalue weighted by Gasteiger charge is 2.12. The summed E-state index contributed by atoms with van der Waals surface area (Å²) in [5, 5.41) is 4.78. The largest absolute Gasteiger partial charge is 0.379 e. The van der Waals surface area contributed by atoms with Crippen molar-refractivity contribution in [2.24, 2.45) is 0 Å². The molecule has 20 heavy (non-hydrogen) atoms. The van der Waals surface area contributed by atoms with Crippen molar-refractivity contribution < 1.29 is 4.74 Å². The summed E-state index contributed by atoms with van der Waals surface area (Å²) < 4.78 is 5.34. The minimum atomic E-state index is 0.214. The van der Waals surface area contributed by atoms with E-state index in [2.05, 4.69) is 17.1 Å². The molecule has 1 aromatic rings. The Bertz CT molecular complexity index is 422. The summed E-state index contributed by atoms with van der Waals surface area (Å²) in [5.41, 5.74) is 1.06. The first kappa shape index (κ1) is 16.1. The van der Waals surface area contributed by atoms with Crippen molar-refractivity contribution in [1.29, 1.82) is 0 Å². The van der Waals surface area contributed by atoms with Gasteiger partial charge in [0.05, 0.1) is 23.3 Å². The molecule has 0 saturated carbocycles. The minimum Gasteiger partial charge on any atom is -0.379 e. The predicted octanol–water partition coefficient (Wildman–Crippen LogP) is 3.37. The van der Waals surface area contributed by atoms with E-state index in [1.807, 2.05) is 18.2 Å². The third-order valence-electron chi connectivity index (χ3n) is 3.65. The van der Waals surface area contributed by atoms with E-state index >= 15 is 0 Å². The van der Waals surface area contributed by atoms with Crippen LogP contribution in [0, 0.1) is 0 Å². The molecule has 0 radical (unpaired) electrons. The maximum atomic E-state index is 6.23. The van der Waals surface area contributed by atoms with Gasteiger partial charge in [-0.1, -0.05) is 35.3 Å². The van der Waals surface area contributed by atoms with Gasteiger partial charge in [-0.3, -0.25) is 4.90 Å². The van der Waals surface area contributed by atoms with Gasteiger partial charge >= 0.3 is 0 Å². The van der Waals surface area contributed by atoms with Gasteiger partial charge in [0, 0.05) is 19.1 Å². The number of halogens is 2. The zero-order chi connectivity index (χ0) is 14.4. The summed E-state index contributed by atoms with van der Waals surface area (Å²) in [6.45, 7) is 8.04. The summed E-state index contributed by atoms with van der Waals surface area (Å²) in [6, 6.07) is 5.99. The Morgan fingerprint density at radius 3 is 2.80 bits per heavy atom. The fourth-order valence-electron chi connectivity index (χ4n) is 2.41. The van der Waals surface area contributed by atoms with Gasteiger partial charge in [0.25, 0.3) is 0 Å². The van der Waals surface area contributed by atoms with Crippen LogP contribution < -0.4 is 5.32 Å². The number of ether oxygens (including phenoxy) is 1. The van der Waals surface area contributed by atoms with Crippen molar-refractivity contribution in [2.75, 3.05) is 39.4 Å². The van der Waals surface area contributed by atoms with Crippen molar-refractivity contribution >= 4 is 23.2 Å². The van der Waals surface area contributed by atoms with Gasteiger partial charge in [-0.25, -0.2) is 0 Å². The first-order chi connectivity index (χ1) is 9.68. The van der Waals surface area contributed by atoms with Crippen molar-refractivity contribution in [2.45, 2.75) is 19.4 Å². The SMILES string of the molecule is CC(NCCCN1CCOCC1)c1cccc(Cl)c1Cl. The molecule has 0 spiro atoms. The van der Waals surface area contributed by atoms with Crippen LogP contribution in [0.15, 0.2) is 18.2 Å². The fraction of sp³-hybridized carbons (Fsp3) is 0.600. The minimum absolute atomic E-state index is 0.214. The predicted molar refractivity (Wildman–Crippen MR) is 84.8 cm³/mol. The van der Waals surface area contributed by atoms with E-state index in [0.29, 0.717) is 10.0 Å². The summed E-state index contributed by atoms with van der Waals surface area (Å²) in [4.78, 5) is 2.45. The number of nitrogens with one attached hydrogen (secondary N) is 1. The van der Waals surface area contributed by atoms with Gasteiger partial charge in [-0.2, -0.15) is 0 Å². The van der Waals surface area contributed by atoms with Crippen molar-refractivity contribution in [1.82, 2.24) is 10.2 Å². The standard InChI is InChI=1S/C15H22Cl2N2O/c1-12(13-4-2-5-14(16)15(13)17)18-6-3-7-19-8-10-20-11-9-19/h2,4-5,12,18H,3,6-11H2,1H3. The molecule has 0 aliphatic carbocycles. The van der Waals surface area contributed by atoms with Crippen LogP contribution in [-0.4, -0.2) is 44.3 Å². The second-order valence-electron chi connectivity index (χ2n) is 5.13. The second kappa shape index (κ2) is 8.20. The van der Waals surface area contributed by atoms with Crippen LogP contribution in [0.5, 0.6) is 0 Å². The van der Waals surface area contributed by atoms with E-state index in [1.54, 1.807) is 0 Å². The third kappa shape index (κ3) is 4.61. The molecule has 1 unspecified atom stereocenters. The van der Waals surface area contributed by atoms with Gasteiger partial charge in [-0.05, 0) is 38.1 Å². The van der Waals surface area contributed by atoms with Crippen molar-refractivity contribution in [3.63, 3.8) is 0 Å². The molecular formula is C15H22Cl2N2O. The molecule has 1 heterocycles. The van der Waals surface area contributed by atoms with E-state index in [9.17, 15) is 0 Å². The van der Waals surface area contributed by atoms with Gasteiger partial charge < -0.3 is 10.1 Å². The monoisotopic (exact) mass is 316 g/mol. The van der Waals surface area contributed by atoms with Gasteiger partial charge in [-0.15, -0.1) is 0 Å². The number of hydrogen-bond donors (Lipinski definition) is 1. The number of hydrogen-bond acceptors (Lipinski definition) is 3. The van der Waals surface area contributed by atoms with E-state index in [4.69, 9.17) is 27.9 Å². The molecule has 0 bridgehead atoms. The van der Waals surface area contributed by atoms with Crippen molar-refractivity contribution in [3.8, 4) is 0 Å². The summed E-state index contributed by atoms with van der Waals surface area (Å²) in [6.07, 6.45) is 1.13. The lowest BCUT2D eigenvalue weighted by Gasteiger charge is -2.26. The second-order valence-corrected chi connectivity index (χ2v) is 5.91. The molecule has 0 amide bonds. The molecule has 1 aromatic carbocycles. The molecule has 1 N–H and O–H groups in total. The van der Waals surface area contributed by atoms with Gasteiger partial charge in [0.2, 0.25) is 0 Å². The maximum Gasteiger partial charge on any atom is 0.0639 e. The molecule has 3 nitrogen and oxygen atoms in total.